The second-order valence-corrected chi connectivity index (χ2v) is 8.15. The Morgan fingerprint density at radius 3 is 2.65 bits per heavy atom. The Labute approximate surface area is 180 Å². The molecule has 1 atom stereocenters. The minimum atomic E-state index is 0. The number of guanidine groups is 1. The van der Waals surface area contributed by atoms with Crippen LogP contribution in [0.2, 0.25) is 0 Å². The van der Waals surface area contributed by atoms with E-state index in [1.807, 2.05) is 11.3 Å². The van der Waals surface area contributed by atoms with Gasteiger partial charge < -0.3 is 20.3 Å². The van der Waals surface area contributed by atoms with E-state index in [9.17, 15) is 0 Å². The maximum atomic E-state index is 5.29. The number of nitrogens with one attached hydrogen (secondary N) is 2. The van der Waals surface area contributed by atoms with E-state index < -0.39 is 0 Å². The van der Waals surface area contributed by atoms with E-state index in [4.69, 9.17) is 9.73 Å². The van der Waals surface area contributed by atoms with Gasteiger partial charge in [0, 0.05) is 38.2 Å². The Morgan fingerprint density at radius 2 is 2.15 bits per heavy atom. The van der Waals surface area contributed by atoms with Gasteiger partial charge in [0.15, 0.2) is 5.96 Å². The van der Waals surface area contributed by atoms with Crippen molar-refractivity contribution in [1.29, 1.82) is 0 Å². The van der Waals surface area contributed by atoms with Crippen molar-refractivity contribution in [1.82, 2.24) is 15.5 Å². The fourth-order valence-electron chi connectivity index (χ4n) is 3.28. The molecule has 150 valence electrons. The van der Waals surface area contributed by atoms with E-state index in [2.05, 4.69) is 54.1 Å². The lowest BCUT2D eigenvalue weighted by Gasteiger charge is -2.40. The third kappa shape index (κ3) is 6.98. The van der Waals surface area contributed by atoms with Gasteiger partial charge in [-0.15, -0.1) is 35.3 Å². The number of hydrogen-bond donors (Lipinski definition) is 2. The second kappa shape index (κ2) is 12.2. The van der Waals surface area contributed by atoms with Crippen molar-refractivity contribution < 1.29 is 4.74 Å². The predicted octanol–water partition coefficient (Wildman–Crippen LogP) is 3.73. The van der Waals surface area contributed by atoms with Crippen molar-refractivity contribution in [2.75, 3.05) is 47.4 Å². The molecule has 1 aromatic rings. The van der Waals surface area contributed by atoms with Crippen LogP contribution in [0.5, 0.6) is 0 Å². The highest BCUT2D eigenvalue weighted by molar-refractivity contribution is 14.0. The quantitative estimate of drug-likeness (QED) is 0.296. The maximum absolute atomic E-state index is 5.29. The topological polar surface area (TPSA) is 48.9 Å². The SMILES string of the molecule is CCNC(=NCC1(CCOC)CCC1)NCC(c1cccs1)N(C)C.I. The zero-order chi connectivity index (χ0) is 18.1. The molecule has 0 amide bonds. The lowest BCUT2D eigenvalue weighted by atomic mass is 9.67. The largest absolute Gasteiger partial charge is 0.385 e. The van der Waals surface area contributed by atoms with Crippen LogP contribution in [-0.2, 0) is 4.74 Å². The fraction of sp³-hybridized carbons (Fsp3) is 0.737. The van der Waals surface area contributed by atoms with Crippen LogP contribution in [0.4, 0.5) is 0 Å². The van der Waals surface area contributed by atoms with Crippen LogP contribution in [0.3, 0.4) is 0 Å². The first-order chi connectivity index (χ1) is 12.1. The lowest BCUT2D eigenvalue weighted by molar-refractivity contribution is 0.0778. The molecule has 5 nitrogen and oxygen atoms in total. The molecule has 0 spiro atoms. The Hall–Kier alpha value is -0.380. The molecule has 1 saturated carbocycles. The molecule has 2 N–H and O–H groups in total. The fourth-order valence-corrected chi connectivity index (χ4v) is 4.21. The summed E-state index contributed by atoms with van der Waals surface area (Å²) in [5.74, 6) is 0.926. The maximum Gasteiger partial charge on any atom is 0.191 e. The summed E-state index contributed by atoms with van der Waals surface area (Å²) in [6.07, 6.45) is 4.98. The Balaban J connectivity index is 0.00000338. The smallest absolute Gasteiger partial charge is 0.191 e. The number of ether oxygens (including phenoxy) is 1. The van der Waals surface area contributed by atoms with Crippen LogP contribution in [0, 0.1) is 5.41 Å². The summed E-state index contributed by atoms with van der Waals surface area (Å²) in [5, 5.41) is 9.07. The molecule has 0 aromatic carbocycles. The molecule has 0 aliphatic heterocycles. The van der Waals surface area contributed by atoms with Crippen LogP contribution < -0.4 is 10.6 Å². The summed E-state index contributed by atoms with van der Waals surface area (Å²) in [7, 11) is 6.04. The van der Waals surface area contributed by atoms with Crippen molar-refractivity contribution >= 4 is 41.3 Å². The summed E-state index contributed by atoms with van der Waals surface area (Å²) >= 11 is 1.81. The molecule has 1 aromatic heterocycles. The number of methoxy groups -OCH3 is 1. The van der Waals surface area contributed by atoms with Gasteiger partial charge in [-0.2, -0.15) is 0 Å². The van der Waals surface area contributed by atoms with Crippen LogP contribution in [-0.4, -0.2) is 58.3 Å². The molecule has 1 heterocycles. The summed E-state index contributed by atoms with van der Waals surface area (Å²) in [6, 6.07) is 4.68. The van der Waals surface area contributed by atoms with Gasteiger partial charge in [-0.3, -0.25) is 4.99 Å². The standard InChI is InChI=1S/C19H34N4OS.HI/c1-5-20-18(22-15-19(9-7-10-19)11-12-24-4)21-14-16(23(2)3)17-8-6-13-25-17;/h6,8,13,16H,5,7,9-12,14-15H2,1-4H3,(H2,20,21,22);1H. The van der Waals surface area contributed by atoms with Crippen molar-refractivity contribution in [3.05, 3.63) is 22.4 Å². The first-order valence-electron chi connectivity index (χ1n) is 9.31. The highest BCUT2D eigenvalue weighted by atomic mass is 127. The zero-order valence-electron chi connectivity index (χ0n) is 16.6. The van der Waals surface area contributed by atoms with Gasteiger partial charge in [0.1, 0.15) is 0 Å². The normalized spacial score (nSPS) is 17.3. The Morgan fingerprint density at radius 1 is 1.38 bits per heavy atom. The van der Waals surface area contributed by atoms with E-state index in [1.165, 1.54) is 24.1 Å². The first-order valence-corrected chi connectivity index (χ1v) is 10.2. The van der Waals surface area contributed by atoms with E-state index in [0.29, 0.717) is 11.5 Å². The van der Waals surface area contributed by atoms with E-state index >= 15 is 0 Å². The van der Waals surface area contributed by atoms with Gasteiger partial charge in [-0.1, -0.05) is 12.5 Å². The molecule has 0 radical (unpaired) electrons. The minimum Gasteiger partial charge on any atom is -0.385 e. The van der Waals surface area contributed by atoms with Crippen molar-refractivity contribution in [2.24, 2.45) is 10.4 Å². The molecule has 1 unspecified atom stereocenters. The number of thiophene rings is 1. The molecule has 0 bridgehead atoms. The molecule has 7 heteroatoms. The van der Waals surface area contributed by atoms with E-state index in [1.54, 1.807) is 7.11 Å². The average molecular weight is 494 g/mol. The average Bonchev–Trinajstić information content (AvgIpc) is 3.07. The molecule has 0 saturated heterocycles. The van der Waals surface area contributed by atoms with Gasteiger partial charge in [-0.05, 0) is 57.1 Å². The highest BCUT2D eigenvalue weighted by Gasteiger charge is 2.36. The van der Waals surface area contributed by atoms with Gasteiger partial charge in [-0.25, -0.2) is 0 Å². The molecular weight excluding hydrogens is 459 g/mol. The summed E-state index contributed by atoms with van der Waals surface area (Å²) in [4.78, 5) is 8.53. The van der Waals surface area contributed by atoms with Crippen molar-refractivity contribution in [3.63, 3.8) is 0 Å². The highest BCUT2D eigenvalue weighted by Crippen LogP contribution is 2.44. The number of rotatable bonds is 10. The third-order valence-electron chi connectivity index (χ3n) is 5.13. The van der Waals surface area contributed by atoms with Crippen LogP contribution >= 0.6 is 35.3 Å². The van der Waals surface area contributed by atoms with Gasteiger partial charge in [0.2, 0.25) is 0 Å². The Kier molecular flexibility index (Phi) is 11.1. The van der Waals surface area contributed by atoms with Gasteiger partial charge in [0.05, 0.1) is 6.04 Å². The van der Waals surface area contributed by atoms with Crippen LogP contribution in [0.1, 0.15) is 43.5 Å². The van der Waals surface area contributed by atoms with Crippen LogP contribution in [0.25, 0.3) is 0 Å². The zero-order valence-corrected chi connectivity index (χ0v) is 19.7. The first kappa shape index (κ1) is 23.7. The second-order valence-electron chi connectivity index (χ2n) is 7.17. The van der Waals surface area contributed by atoms with Crippen molar-refractivity contribution in [3.8, 4) is 0 Å². The number of aliphatic imine (C=N–C) groups is 1. The third-order valence-corrected chi connectivity index (χ3v) is 6.10. The van der Waals surface area contributed by atoms with Crippen molar-refractivity contribution in [2.45, 2.75) is 38.6 Å². The molecule has 1 aliphatic carbocycles. The molecular formula is C19H35IN4OS. The molecule has 26 heavy (non-hydrogen) atoms. The monoisotopic (exact) mass is 494 g/mol. The minimum absolute atomic E-state index is 0. The Bertz CT molecular complexity index is 518. The lowest BCUT2D eigenvalue weighted by Crippen LogP contribution is -2.43. The molecule has 1 aliphatic rings. The summed E-state index contributed by atoms with van der Waals surface area (Å²) in [5.41, 5.74) is 0.354. The van der Waals surface area contributed by atoms with Gasteiger partial charge in [0.25, 0.3) is 0 Å². The van der Waals surface area contributed by atoms with Gasteiger partial charge >= 0.3 is 0 Å². The number of nitrogens with zero attached hydrogens (tertiary/aromatic N) is 2. The number of hydrogen-bond acceptors (Lipinski definition) is 4. The van der Waals surface area contributed by atoms with E-state index in [-0.39, 0.29) is 24.0 Å². The molecule has 2 rings (SSSR count). The number of likely N-dealkylation sites (N-methyl/N-ethyl adjacent to an activating group) is 1. The summed E-state index contributed by atoms with van der Waals surface area (Å²) in [6.45, 7) is 5.56. The van der Waals surface area contributed by atoms with E-state index in [0.717, 1.165) is 38.6 Å². The van der Waals surface area contributed by atoms with Crippen LogP contribution in [0.15, 0.2) is 22.5 Å². The number of halogens is 1. The predicted molar refractivity (Wildman–Crippen MR) is 123 cm³/mol. The molecule has 1 fully saturated rings. The summed E-state index contributed by atoms with van der Waals surface area (Å²) < 4.78 is 5.29.